The van der Waals surface area contributed by atoms with Gasteiger partial charge < -0.3 is 19.5 Å². The Balaban J connectivity index is 1.58. The van der Waals surface area contributed by atoms with Crippen molar-refractivity contribution >= 4 is 27.5 Å². The van der Waals surface area contributed by atoms with Gasteiger partial charge >= 0.3 is 0 Å². The van der Waals surface area contributed by atoms with Crippen molar-refractivity contribution in [1.29, 1.82) is 0 Å². The minimum absolute atomic E-state index is 0.0743. The molecule has 22 heavy (non-hydrogen) atoms. The zero-order chi connectivity index (χ0) is 15.5. The van der Waals surface area contributed by atoms with Crippen LogP contribution in [0, 0.1) is 6.92 Å². The van der Waals surface area contributed by atoms with E-state index in [-0.39, 0.29) is 19.3 Å². The Morgan fingerprint density at radius 1 is 1.23 bits per heavy atom. The van der Waals surface area contributed by atoms with Gasteiger partial charge in [0.25, 0.3) is 5.91 Å². The summed E-state index contributed by atoms with van der Waals surface area (Å²) in [6, 6.07) is 10.9. The Kier molecular flexibility index (Phi) is 4.20. The molecule has 6 heteroatoms. The van der Waals surface area contributed by atoms with Gasteiger partial charge in [0.2, 0.25) is 6.79 Å². The van der Waals surface area contributed by atoms with Gasteiger partial charge in [-0.1, -0.05) is 15.9 Å². The molecule has 0 aromatic heterocycles. The van der Waals surface area contributed by atoms with Crippen LogP contribution in [0.1, 0.15) is 5.56 Å². The van der Waals surface area contributed by atoms with Crippen molar-refractivity contribution in [2.24, 2.45) is 0 Å². The molecule has 0 saturated heterocycles. The lowest BCUT2D eigenvalue weighted by molar-refractivity contribution is -0.118. The summed E-state index contributed by atoms with van der Waals surface area (Å²) in [6.07, 6.45) is 0. The third kappa shape index (κ3) is 3.33. The van der Waals surface area contributed by atoms with E-state index in [1.54, 1.807) is 18.2 Å². The van der Waals surface area contributed by atoms with Crippen molar-refractivity contribution in [3.8, 4) is 17.2 Å². The van der Waals surface area contributed by atoms with E-state index in [0.29, 0.717) is 17.2 Å². The van der Waals surface area contributed by atoms with E-state index in [9.17, 15) is 4.79 Å². The molecular weight excluding hydrogens is 350 g/mol. The summed E-state index contributed by atoms with van der Waals surface area (Å²) in [5.74, 6) is 1.65. The standard InChI is InChI=1S/C16H14BrNO4/c1-10-6-11(17)2-4-13(10)18-16(19)8-20-12-3-5-14-15(7-12)22-9-21-14/h2-7H,8-9H2,1H3,(H,18,19). The summed E-state index contributed by atoms with van der Waals surface area (Å²) in [6.45, 7) is 2.07. The van der Waals surface area contributed by atoms with Crippen LogP contribution in [0.5, 0.6) is 17.2 Å². The number of carbonyl (C=O) groups is 1. The maximum Gasteiger partial charge on any atom is 0.262 e. The second-order valence-electron chi connectivity index (χ2n) is 4.81. The lowest BCUT2D eigenvalue weighted by atomic mass is 10.2. The van der Waals surface area contributed by atoms with Crippen LogP contribution in [-0.2, 0) is 4.79 Å². The Labute approximate surface area is 136 Å². The molecular formula is C16H14BrNO4. The third-order valence-electron chi connectivity index (χ3n) is 3.18. The maximum absolute atomic E-state index is 12.0. The van der Waals surface area contributed by atoms with Crippen LogP contribution in [0.3, 0.4) is 0 Å². The summed E-state index contributed by atoms with van der Waals surface area (Å²) in [7, 11) is 0. The quantitative estimate of drug-likeness (QED) is 0.902. The van der Waals surface area contributed by atoms with Crippen LogP contribution >= 0.6 is 15.9 Å². The molecule has 1 heterocycles. The first-order valence-electron chi connectivity index (χ1n) is 6.70. The van der Waals surface area contributed by atoms with Gasteiger partial charge in [-0.25, -0.2) is 0 Å². The Morgan fingerprint density at radius 3 is 2.86 bits per heavy atom. The van der Waals surface area contributed by atoms with E-state index >= 15 is 0 Å². The minimum atomic E-state index is -0.219. The Morgan fingerprint density at radius 2 is 2.05 bits per heavy atom. The van der Waals surface area contributed by atoms with Gasteiger partial charge in [-0.15, -0.1) is 0 Å². The zero-order valence-electron chi connectivity index (χ0n) is 11.9. The largest absolute Gasteiger partial charge is 0.484 e. The molecule has 1 aliphatic rings. The number of nitrogens with one attached hydrogen (secondary N) is 1. The van der Waals surface area contributed by atoms with Gasteiger partial charge in [0.1, 0.15) is 5.75 Å². The summed E-state index contributed by atoms with van der Waals surface area (Å²) < 4.78 is 16.9. The highest BCUT2D eigenvalue weighted by Gasteiger charge is 2.14. The molecule has 0 spiro atoms. The Bertz CT molecular complexity index is 717. The van der Waals surface area contributed by atoms with Crippen LogP contribution in [0.2, 0.25) is 0 Å². The number of hydrogen-bond donors (Lipinski definition) is 1. The number of amides is 1. The van der Waals surface area contributed by atoms with Crippen LogP contribution in [-0.4, -0.2) is 19.3 Å². The Hall–Kier alpha value is -2.21. The van der Waals surface area contributed by atoms with E-state index < -0.39 is 0 Å². The highest BCUT2D eigenvalue weighted by atomic mass is 79.9. The summed E-state index contributed by atoms with van der Waals surface area (Å²) in [5, 5.41) is 2.82. The number of halogens is 1. The van der Waals surface area contributed by atoms with Crippen LogP contribution in [0.15, 0.2) is 40.9 Å². The van der Waals surface area contributed by atoms with E-state index in [1.807, 2.05) is 25.1 Å². The van der Waals surface area contributed by atoms with Crippen molar-refractivity contribution in [2.75, 3.05) is 18.7 Å². The number of benzene rings is 2. The first-order chi connectivity index (χ1) is 10.6. The van der Waals surface area contributed by atoms with Crippen molar-refractivity contribution < 1.29 is 19.0 Å². The van der Waals surface area contributed by atoms with E-state index in [1.165, 1.54) is 0 Å². The number of hydrogen-bond acceptors (Lipinski definition) is 4. The molecule has 2 aromatic carbocycles. The number of anilines is 1. The van der Waals surface area contributed by atoms with Gasteiger partial charge in [-0.2, -0.15) is 0 Å². The lowest BCUT2D eigenvalue weighted by Crippen LogP contribution is -2.20. The topological polar surface area (TPSA) is 56.8 Å². The smallest absolute Gasteiger partial charge is 0.262 e. The fraction of sp³-hybridized carbons (Fsp3) is 0.188. The predicted molar refractivity (Wildman–Crippen MR) is 85.6 cm³/mol. The normalized spacial score (nSPS) is 12.1. The molecule has 1 N–H and O–H groups in total. The van der Waals surface area contributed by atoms with E-state index in [0.717, 1.165) is 15.7 Å². The number of carbonyl (C=O) groups excluding carboxylic acids is 1. The molecule has 0 fully saturated rings. The van der Waals surface area contributed by atoms with Crippen molar-refractivity contribution in [3.05, 3.63) is 46.4 Å². The molecule has 0 bridgehead atoms. The maximum atomic E-state index is 12.0. The molecule has 5 nitrogen and oxygen atoms in total. The predicted octanol–water partition coefficient (Wildman–Crippen LogP) is 3.50. The lowest BCUT2D eigenvalue weighted by Gasteiger charge is -2.10. The van der Waals surface area contributed by atoms with Crippen molar-refractivity contribution in [3.63, 3.8) is 0 Å². The first-order valence-corrected chi connectivity index (χ1v) is 7.49. The molecule has 0 radical (unpaired) electrons. The molecule has 0 saturated carbocycles. The zero-order valence-corrected chi connectivity index (χ0v) is 13.5. The number of rotatable bonds is 4. The summed E-state index contributed by atoms with van der Waals surface area (Å²) in [5.41, 5.74) is 1.74. The summed E-state index contributed by atoms with van der Waals surface area (Å²) >= 11 is 3.39. The van der Waals surface area contributed by atoms with Gasteiger partial charge in [0.15, 0.2) is 18.1 Å². The second-order valence-corrected chi connectivity index (χ2v) is 5.73. The highest BCUT2D eigenvalue weighted by molar-refractivity contribution is 9.10. The molecule has 0 atom stereocenters. The fourth-order valence-corrected chi connectivity index (χ4v) is 2.54. The van der Waals surface area contributed by atoms with Crippen molar-refractivity contribution in [1.82, 2.24) is 0 Å². The van der Waals surface area contributed by atoms with Crippen LogP contribution in [0.4, 0.5) is 5.69 Å². The first kappa shape index (κ1) is 14.7. The fourth-order valence-electron chi connectivity index (χ4n) is 2.07. The molecule has 1 amide bonds. The molecule has 3 rings (SSSR count). The third-order valence-corrected chi connectivity index (χ3v) is 3.67. The van der Waals surface area contributed by atoms with Crippen LogP contribution in [0.25, 0.3) is 0 Å². The molecule has 2 aromatic rings. The van der Waals surface area contributed by atoms with E-state index in [2.05, 4.69) is 21.2 Å². The van der Waals surface area contributed by atoms with Crippen LogP contribution < -0.4 is 19.5 Å². The highest BCUT2D eigenvalue weighted by Crippen LogP contribution is 2.35. The minimum Gasteiger partial charge on any atom is -0.484 e. The van der Waals surface area contributed by atoms with Crippen molar-refractivity contribution in [2.45, 2.75) is 6.92 Å². The molecule has 1 aliphatic heterocycles. The monoisotopic (exact) mass is 363 g/mol. The molecule has 0 aliphatic carbocycles. The van der Waals surface area contributed by atoms with Gasteiger partial charge in [0.05, 0.1) is 0 Å². The number of aryl methyl sites for hydroxylation is 1. The summed E-state index contributed by atoms with van der Waals surface area (Å²) in [4.78, 5) is 12.0. The number of fused-ring (bicyclic) bond motifs is 1. The van der Waals surface area contributed by atoms with E-state index in [4.69, 9.17) is 14.2 Å². The van der Waals surface area contributed by atoms with Gasteiger partial charge in [0, 0.05) is 16.2 Å². The van der Waals surface area contributed by atoms with Gasteiger partial charge in [-0.3, -0.25) is 4.79 Å². The van der Waals surface area contributed by atoms with Gasteiger partial charge in [-0.05, 0) is 42.8 Å². The second kappa shape index (κ2) is 6.27. The average molecular weight is 364 g/mol. The SMILES string of the molecule is Cc1cc(Br)ccc1NC(=O)COc1ccc2c(c1)OCO2. The molecule has 114 valence electrons. The number of ether oxygens (including phenoxy) is 3. The average Bonchev–Trinajstić information content (AvgIpc) is 2.95. The molecule has 0 unspecified atom stereocenters.